The van der Waals surface area contributed by atoms with Gasteiger partial charge in [0.1, 0.15) is 24.7 Å². The molecule has 5 nitrogen and oxygen atoms in total. The van der Waals surface area contributed by atoms with Gasteiger partial charge in [-0.1, -0.05) is 57.0 Å². The first-order chi connectivity index (χ1) is 16.7. The molecule has 0 amide bonds. The van der Waals surface area contributed by atoms with Gasteiger partial charge in [-0.3, -0.25) is 0 Å². The van der Waals surface area contributed by atoms with Gasteiger partial charge < -0.3 is 24.1 Å². The number of unbranched alkanes of at least 4 members (excludes halogenated alkanes) is 2. The maximum absolute atomic E-state index is 9.55. The Morgan fingerprint density at radius 1 is 0.559 bits per heavy atom. The average molecular weight is 465 g/mol. The summed E-state index contributed by atoms with van der Waals surface area (Å²) in [5, 5.41) is 9.55. The molecule has 3 aromatic carbocycles. The molecule has 34 heavy (non-hydrogen) atoms. The van der Waals surface area contributed by atoms with E-state index in [1.54, 1.807) is 0 Å². The first-order valence-electron chi connectivity index (χ1n) is 12.1. The molecule has 0 radical (unpaired) electrons. The highest BCUT2D eigenvalue weighted by atomic mass is 16.5. The van der Waals surface area contributed by atoms with Crippen LogP contribution in [0.2, 0.25) is 0 Å². The highest BCUT2D eigenvalue weighted by Gasteiger charge is 2.09. The van der Waals surface area contributed by atoms with Crippen LogP contribution in [-0.4, -0.2) is 18.3 Å². The zero-order valence-corrected chi connectivity index (χ0v) is 20.3. The van der Waals surface area contributed by atoms with E-state index in [4.69, 9.17) is 18.9 Å². The van der Waals surface area contributed by atoms with E-state index in [2.05, 4.69) is 13.8 Å². The minimum atomic E-state index is -0.0556. The Balaban J connectivity index is 1.58. The predicted molar refractivity (Wildman–Crippen MR) is 135 cm³/mol. The number of aliphatic hydroxyl groups excluding tert-OH is 1. The Morgan fingerprint density at radius 3 is 1.50 bits per heavy atom. The third-order valence-electron chi connectivity index (χ3n) is 5.36. The van der Waals surface area contributed by atoms with Crippen LogP contribution in [0.3, 0.4) is 0 Å². The normalized spacial score (nSPS) is 10.7. The first-order valence-corrected chi connectivity index (χ1v) is 12.1. The van der Waals surface area contributed by atoms with Crippen molar-refractivity contribution in [1.82, 2.24) is 0 Å². The lowest BCUT2D eigenvalue weighted by molar-refractivity contribution is 0.252. The van der Waals surface area contributed by atoms with E-state index in [0.29, 0.717) is 24.7 Å². The molecule has 3 aromatic rings. The zero-order valence-electron chi connectivity index (χ0n) is 20.3. The largest absolute Gasteiger partial charge is 0.494 e. The van der Waals surface area contributed by atoms with Crippen molar-refractivity contribution < 1.29 is 24.1 Å². The quantitative estimate of drug-likeness (QED) is 0.254. The number of aliphatic hydroxyl groups is 1. The second-order valence-corrected chi connectivity index (χ2v) is 8.21. The Kier molecular flexibility index (Phi) is 10.6. The van der Waals surface area contributed by atoms with Gasteiger partial charge in [0.05, 0.1) is 19.8 Å². The summed E-state index contributed by atoms with van der Waals surface area (Å²) in [7, 11) is 0. The van der Waals surface area contributed by atoms with Crippen molar-refractivity contribution >= 4 is 0 Å². The Hall–Kier alpha value is -3.18. The van der Waals surface area contributed by atoms with Crippen LogP contribution >= 0.6 is 0 Å². The molecule has 3 rings (SSSR count). The molecule has 0 spiro atoms. The van der Waals surface area contributed by atoms with E-state index < -0.39 is 0 Å². The van der Waals surface area contributed by atoms with Crippen LogP contribution in [0.15, 0.2) is 66.7 Å². The van der Waals surface area contributed by atoms with Crippen LogP contribution in [-0.2, 0) is 19.8 Å². The molecular weight excluding hydrogens is 428 g/mol. The van der Waals surface area contributed by atoms with Crippen molar-refractivity contribution in [2.24, 2.45) is 0 Å². The monoisotopic (exact) mass is 464 g/mol. The first kappa shape index (κ1) is 25.4. The molecule has 0 aromatic heterocycles. The third kappa shape index (κ3) is 8.31. The molecule has 182 valence electrons. The average Bonchev–Trinajstić information content (AvgIpc) is 2.88. The lowest BCUT2D eigenvalue weighted by Crippen LogP contribution is -2.02. The number of hydrogen-bond donors (Lipinski definition) is 1. The molecular formula is C29H36O5. The SMILES string of the molecule is CCCCOc1ccc(COc2ccc(CO)cc2OCc2ccc(OCCCC)cc2)cc1. The molecule has 0 aliphatic rings. The van der Waals surface area contributed by atoms with E-state index >= 15 is 0 Å². The molecule has 0 aliphatic heterocycles. The summed E-state index contributed by atoms with van der Waals surface area (Å²) in [5.41, 5.74) is 2.84. The number of rotatable bonds is 15. The highest BCUT2D eigenvalue weighted by Crippen LogP contribution is 2.30. The maximum Gasteiger partial charge on any atom is 0.162 e. The van der Waals surface area contributed by atoms with Gasteiger partial charge in [0.15, 0.2) is 11.5 Å². The summed E-state index contributed by atoms with van der Waals surface area (Å²) in [6, 6.07) is 21.4. The van der Waals surface area contributed by atoms with E-state index in [-0.39, 0.29) is 6.61 Å². The van der Waals surface area contributed by atoms with Crippen LogP contribution in [0, 0.1) is 0 Å². The summed E-state index contributed by atoms with van der Waals surface area (Å²) in [6.45, 7) is 6.51. The number of benzene rings is 3. The van der Waals surface area contributed by atoms with Crippen molar-refractivity contribution in [3.63, 3.8) is 0 Å². The van der Waals surface area contributed by atoms with Crippen LogP contribution in [0.4, 0.5) is 0 Å². The summed E-state index contributed by atoms with van der Waals surface area (Å²) in [4.78, 5) is 0. The topological polar surface area (TPSA) is 57.2 Å². The van der Waals surface area contributed by atoms with Crippen LogP contribution in [0.1, 0.15) is 56.2 Å². The van der Waals surface area contributed by atoms with Gasteiger partial charge >= 0.3 is 0 Å². The van der Waals surface area contributed by atoms with Crippen molar-refractivity contribution in [3.05, 3.63) is 83.4 Å². The van der Waals surface area contributed by atoms with E-state index in [1.165, 1.54) is 0 Å². The van der Waals surface area contributed by atoms with Gasteiger partial charge in [0.2, 0.25) is 0 Å². The zero-order chi connectivity index (χ0) is 24.0. The van der Waals surface area contributed by atoms with Gasteiger partial charge in [-0.2, -0.15) is 0 Å². The molecule has 0 unspecified atom stereocenters. The molecule has 0 saturated heterocycles. The minimum Gasteiger partial charge on any atom is -0.494 e. The molecule has 1 N–H and O–H groups in total. The molecule has 0 saturated carbocycles. The molecule has 5 heteroatoms. The summed E-state index contributed by atoms with van der Waals surface area (Å²) in [5.74, 6) is 2.98. The molecule has 0 heterocycles. The Labute approximate surface area is 203 Å². The fraction of sp³-hybridized carbons (Fsp3) is 0.379. The lowest BCUT2D eigenvalue weighted by Gasteiger charge is -2.15. The lowest BCUT2D eigenvalue weighted by atomic mass is 10.2. The molecule has 0 atom stereocenters. The molecule has 0 bridgehead atoms. The second kappa shape index (κ2) is 14.2. The fourth-order valence-corrected chi connectivity index (χ4v) is 3.24. The predicted octanol–water partition coefficient (Wildman–Crippen LogP) is 6.69. The molecule has 0 aliphatic carbocycles. The Bertz CT molecular complexity index is 967. The van der Waals surface area contributed by atoms with Crippen molar-refractivity contribution in [3.8, 4) is 23.0 Å². The Morgan fingerprint density at radius 2 is 1.03 bits per heavy atom. The fourth-order valence-electron chi connectivity index (χ4n) is 3.24. The third-order valence-corrected chi connectivity index (χ3v) is 5.36. The van der Waals surface area contributed by atoms with E-state index in [9.17, 15) is 5.11 Å². The number of ether oxygens (including phenoxy) is 4. The minimum absolute atomic E-state index is 0.0556. The maximum atomic E-state index is 9.55. The summed E-state index contributed by atoms with van der Waals surface area (Å²) < 4.78 is 23.6. The van der Waals surface area contributed by atoms with Crippen molar-refractivity contribution in [2.45, 2.75) is 59.4 Å². The second-order valence-electron chi connectivity index (χ2n) is 8.21. The van der Waals surface area contributed by atoms with Gasteiger partial charge in [-0.15, -0.1) is 0 Å². The number of hydrogen-bond acceptors (Lipinski definition) is 5. The molecule has 0 fully saturated rings. The van der Waals surface area contributed by atoms with E-state index in [0.717, 1.165) is 67.1 Å². The van der Waals surface area contributed by atoms with Crippen LogP contribution in [0.25, 0.3) is 0 Å². The highest BCUT2D eigenvalue weighted by molar-refractivity contribution is 5.43. The van der Waals surface area contributed by atoms with Gasteiger partial charge in [-0.05, 0) is 65.9 Å². The van der Waals surface area contributed by atoms with Gasteiger partial charge in [-0.25, -0.2) is 0 Å². The van der Waals surface area contributed by atoms with Gasteiger partial charge in [0.25, 0.3) is 0 Å². The van der Waals surface area contributed by atoms with Crippen LogP contribution in [0.5, 0.6) is 23.0 Å². The van der Waals surface area contributed by atoms with Crippen LogP contribution < -0.4 is 18.9 Å². The summed E-state index contributed by atoms with van der Waals surface area (Å²) >= 11 is 0. The van der Waals surface area contributed by atoms with Crippen molar-refractivity contribution in [1.29, 1.82) is 0 Å². The van der Waals surface area contributed by atoms with E-state index in [1.807, 2.05) is 66.7 Å². The smallest absolute Gasteiger partial charge is 0.162 e. The van der Waals surface area contributed by atoms with Crippen molar-refractivity contribution in [2.75, 3.05) is 13.2 Å². The standard InChI is InChI=1S/C29H36O5/c1-3-5-17-31-26-12-7-23(8-13-26)21-33-28-16-11-25(20-30)19-29(28)34-22-24-9-14-27(15-10-24)32-18-6-4-2/h7-16,19,30H,3-6,17-18,20-22H2,1-2H3. The summed E-state index contributed by atoms with van der Waals surface area (Å²) in [6.07, 6.45) is 4.33. The van der Waals surface area contributed by atoms with Gasteiger partial charge in [0, 0.05) is 0 Å².